The van der Waals surface area contributed by atoms with Crippen LogP contribution in [0.3, 0.4) is 0 Å². The molecule has 34 heavy (non-hydrogen) atoms. The van der Waals surface area contributed by atoms with Gasteiger partial charge in [0.15, 0.2) is 0 Å². The predicted molar refractivity (Wildman–Crippen MR) is 122 cm³/mol. The smallest absolute Gasteiger partial charge is 0.326 e. The van der Waals surface area contributed by atoms with Gasteiger partial charge in [0.25, 0.3) is 0 Å². The van der Waals surface area contributed by atoms with E-state index in [9.17, 15) is 29.1 Å². The molecule has 0 aliphatic heterocycles. The van der Waals surface area contributed by atoms with Gasteiger partial charge in [0.2, 0.25) is 23.6 Å². The molecule has 0 saturated carbocycles. The third kappa shape index (κ3) is 10.8. The van der Waals surface area contributed by atoms with Gasteiger partial charge in [-0.1, -0.05) is 26.0 Å². The molecule has 0 heterocycles. The molecule has 0 fully saturated rings. The Bertz CT molecular complexity index is 873. The zero-order valence-corrected chi connectivity index (χ0v) is 19.2. The van der Waals surface area contributed by atoms with Crippen LogP contribution in [0.5, 0.6) is 5.75 Å². The van der Waals surface area contributed by atoms with Gasteiger partial charge in [0, 0.05) is 12.8 Å². The van der Waals surface area contributed by atoms with E-state index < -0.39 is 54.3 Å². The number of aliphatic carboxylic acids is 1. The van der Waals surface area contributed by atoms with Crippen molar-refractivity contribution in [3.8, 4) is 5.75 Å². The number of nitrogens with two attached hydrogens (primary N) is 2. The van der Waals surface area contributed by atoms with Crippen molar-refractivity contribution in [3.63, 3.8) is 0 Å². The molecule has 1 aromatic rings. The van der Waals surface area contributed by atoms with Crippen LogP contribution in [0, 0.1) is 5.92 Å². The lowest BCUT2D eigenvalue weighted by molar-refractivity contribution is -0.142. The normalized spacial score (nSPS) is 13.4. The predicted octanol–water partition coefficient (Wildman–Crippen LogP) is -1.26. The number of carbonyl (C=O) groups is 5. The van der Waals surface area contributed by atoms with Crippen LogP contribution in [0.15, 0.2) is 24.3 Å². The SMILES string of the molecule is CC(C)CC(N)C(=O)NC(Cc1ccc(O)cc1)C(=O)NCC(=O)NC(CCC(N)=O)C(=O)O. The molecule has 188 valence electrons. The standard InChI is InChI=1S/C22H33N5O7/c1-12(2)9-15(23)20(31)27-17(10-13-3-5-14(28)6-4-13)21(32)25-11-19(30)26-16(22(33)34)7-8-18(24)29/h3-6,12,15-17,28H,7-11,23H2,1-2H3,(H2,24,29)(H,25,32)(H,26,30)(H,27,31)(H,33,34). The Morgan fingerprint density at radius 3 is 2.12 bits per heavy atom. The number of carboxylic acid groups (broad SMARTS) is 1. The van der Waals surface area contributed by atoms with Crippen LogP contribution in [0.1, 0.15) is 38.7 Å². The van der Waals surface area contributed by atoms with Crippen molar-refractivity contribution in [1.82, 2.24) is 16.0 Å². The van der Waals surface area contributed by atoms with Crippen molar-refractivity contribution in [1.29, 1.82) is 0 Å². The number of carboxylic acids is 1. The summed E-state index contributed by atoms with van der Waals surface area (Å²) >= 11 is 0. The minimum Gasteiger partial charge on any atom is -0.508 e. The van der Waals surface area contributed by atoms with Crippen LogP contribution in [0.25, 0.3) is 0 Å². The largest absolute Gasteiger partial charge is 0.508 e. The highest BCUT2D eigenvalue weighted by Gasteiger charge is 2.26. The zero-order valence-electron chi connectivity index (χ0n) is 19.2. The maximum atomic E-state index is 12.8. The number of benzene rings is 1. The summed E-state index contributed by atoms with van der Waals surface area (Å²) in [7, 11) is 0. The first-order valence-electron chi connectivity index (χ1n) is 10.8. The third-order valence-corrected chi connectivity index (χ3v) is 4.81. The van der Waals surface area contributed by atoms with Gasteiger partial charge in [-0.2, -0.15) is 0 Å². The summed E-state index contributed by atoms with van der Waals surface area (Å²) in [6, 6.07) is 2.77. The van der Waals surface area contributed by atoms with Crippen molar-refractivity contribution in [2.24, 2.45) is 17.4 Å². The Kier molecular flexibility index (Phi) is 11.5. The zero-order chi connectivity index (χ0) is 25.8. The van der Waals surface area contributed by atoms with Gasteiger partial charge in [0.05, 0.1) is 12.6 Å². The number of nitrogens with one attached hydrogen (secondary N) is 3. The van der Waals surface area contributed by atoms with Crippen LogP contribution in [-0.4, -0.2) is 64.5 Å². The summed E-state index contributed by atoms with van der Waals surface area (Å²) in [5.74, 6) is -3.88. The monoisotopic (exact) mass is 479 g/mol. The second kappa shape index (κ2) is 13.8. The molecule has 0 spiro atoms. The van der Waals surface area contributed by atoms with Gasteiger partial charge in [-0.15, -0.1) is 0 Å². The molecular formula is C22H33N5O7. The van der Waals surface area contributed by atoms with Gasteiger partial charge in [0.1, 0.15) is 17.8 Å². The molecule has 3 unspecified atom stereocenters. The van der Waals surface area contributed by atoms with E-state index in [1.807, 2.05) is 13.8 Å². The Labute approximate surface area is 197 Å². The van der Waals surface area contributed by atoms with E-state index in [0.29, 0.717) is 12.0 Å². The van der Waals surface area contributed by atoms with Crippen molar-refractivity contribution in [2.75, 3.05) is 6.54 Å². The molecule has 0 saturated heterocycles. The van der Waals surface area contributed by atoms with Gasteiger partial charge >= 0.3 is 5.97 Å². The van der Waals surface area contributed by atoms with E-state index in [-0.39, 0.29) is 30.9 Å². The van der Waals surface area contributed by atoms with Gasteiger partial charge in [-0.3, -0.25) is 19.2 Å². The fourth-order valence-corrected chi connectivity index (χ4v) is 3.05. The molecule has 9 N–H and O–H groups in total. The molecule has 4 amide bonds. The minimum absolute atomic E-state index is 0.0359. The van der Waals surface area contributed by atoms with Crippen molar-refractivity contribution in [2.45, 2.75) is 57.7 Å². The number of amides is 4. The maximum Gasteiger partial charge on any atom is 0.326 e. The van der Waals surface area contributed by atoms with E-state index in [4.69, 9.17) is 16.6 Å². The number of hydrogen-bond acceptors (Lipinski definition) is 7. The molecule has 3 atom stereocenters. The van der Waals surface area contributed by atoms with Crippen LogP contribution in [0.4, 0.5) is 0 Å². The van der Waals surface area contributed by atoms with E-state index in [0.717, 1.165) is 0 Å². The van der Waals surface area contributed by atoms with E-state index in [2.05, 4.69) is 16.0 Å². The van der Waals surface area contributed by atoms with Gasteiger partial charge in [-0.25, -0.2) is 4.79 Å². The molecule has 0 radical (unpaired) electrons. The summed E-state index contributed by atoms with van der Waals surface area (Å²) in [5.41, 5.74) is 11.5. The minimum atomic E-state index is -1.35. The Balaban J connectivity index is 2.82. The van der Waals surface area contributed by atoms with E-state index >= 15 is 0 Å². The average molecular weight is 480 g/mol. The highest BCUT2D eigenvalue weighted by atomic mass is 16.4. The first-order valence-corrected chi connectivity index (χ1v) is 10.8. The van der Waals surface area contributed by atoms with Gasteiger partial charge < -0.3 is 37.6 Å². The fraction of sp³-hybridized carbons (Fsp3) is 0.500. The lowest BCUT2D eigenvalue weighted by Crippen LogP contribution is -2.54. The topological polar surface area (TPSA) is 214 Å². The first kappa shape index (κ1) is 28.4. The summed E-state index contributed by atoms with van der Waals surface area (Å²) in [6.45, 7) is 3.25. The van der Waals surface area contributed by atoms with Crippen LogP contribution >= 0.6 is 0 Å². The lowest BCUT2D eigenvalue weighted by Gasteiger charge is -2.22. The summed E-state index contributed by atoms with van der Waals surface area (Å²) in [6.07, 6.45) is 0.0342. The van der Waals surface area contributed by atoms with Crippen molar-refractivity contribution in [3.05, 3.63) is 29.8 Å². The second-order valence-corrected chi connectivity index (χ2v) is 8.35. The average Bonchev–Trinajstić information content (AvgIpc) is 2.74. The quantitative estimate of drug-likeness (QED) is 0.171. The maximum absolute atomic E-state index is 12.8. The Hall–Kier alpha value is -3.67. The highest BCUT2D eigenvalue weighted by molar-refractivity contribution is 5.92. The molecule has 12 heteroatoms. The molecule has 12 nitrogen and oxygen atoms in total. The second-order valence-electron chi connectivity index (χ2n) is 8.35. The van der Waals surface area contributed by atoms with Crippen molar-refractivity contribution >= 4 is 29.6 Å². The fourth-order valence-electron chi connectivity index (χ4n) is 3.05. The van der Waals surface area contributed by atoms with E-state index in [1.54, 1.807) is 12.1 Å². The third-order valence-electron chi connectivity index (χ3n) is 4.81. The first-order chi connectivity index (χ1) is 15.9. The van der Waals surface area contributed by atoms with Crippen LogP contribution in [-0.2, 0) is 30.4 Å². The summed E-state index contributed by atoms with van der Waals surface area (Å²) in [4.78, 5) is 59.5. The van der Waals surface area contributed by atoms with Crippen molar-refractivity contribution < 1.29 is 34.2 Å². The number of hydrogen-bond donors (Lipinski definition) is 7. The number of phenols is 1. The molecule has 1 rings (SSSR count). The summed E-state index contributed by atoms with van der Waals surface area (Å²) in [5, 5.41) is 25.8. The van der Waals surface area contributed by atoms with Crippen LogP contribution < -0.4 is 27.4 Å². The highest BCUT2D eigenvalue weighted by Crippen LogP contribution is 2.12. The van der Waals surface area contributed by atoms with Crippen LogP contribution in [0.2, 0.25) is 0 Å². The molecule has 0 aromatic heterocycles. The molecule has 0 aliphatic carbocycles. The Morgan fingerprint density at radius 1 is 0.971 bits per heavy atom. The summed E-state index contributed by atoms with van der Waals surface area (Å²) < 4.78 is 0. The van der Waals surface area contributed by atoms with E-state index in [1.165, 1.54) is 12.1 Å². The number of carbonyl (C=O) groups excluding carboxylic acids is 4. The number of aromatic hydroxyl groups is 1. The molecule has 1 aromatic carbocycles. The van der Waals surface area contributed by atoms with Gasteiger partial charge in [-0.05, 0) is 36.5 Å². The molecule has 0 aliphatic rings. The number of primary amides is 1. The lowest BCUT2D eigenvalue weighted by atomic mass is 10.0. The Morgan fingerprint density at radius 2 is 1.59 bits per heavy atom. The molecule has 0 bridgehead atoms. The molecular weight excluding hydrogens is 446 g/mol. The number of rotatable bonds is 14. The number of phenolic OH excluding ortho intramolecular Hbond substituents is 1.